The minimum Gasteiger partial charge on any atom is -0.475 e. The summed E-state index contributed by atoms with van der Waals surface area (Å²) in [7, 11) is 0. The molecule has 0 atom stereocenters. The van der Waals surface area contributed by atoms with E-state index in [1.54, 1.807) is 17.5 Å². The van der Waals surface area contributed by atoms with E-state index in [1.807, 2.05) is 25.4 Å². The van der Waals surface area contributed by atoms with Crippen molar-refractivity contribution in [1.82, 2.24) is 15.3 Å². The summed E-state index contributed by atoms with van der Waals surface area (Å²) >= 11 is 1.66. The quantitative estimate of drug-likeness (QED) is 0.558. The van der Waals surface area contributed by atoms with Crippen LogP contribution in [-0.4, -0.2) is 27.2 Å². The van der Waals surface area contributed by atoms with Gasteiger partial charge in [0.15, 0.2) is 0 Å². The lowest BCUT2D eigenvalue weighted by Crippen LogP contribution is -2.21. The molecule has 30 heavy (non-hydrogen) atoms. The van der Waals surface area contributed by atoms with Gasteiger partial charge < -0.3 is 15.4 Å². The number of aryl methyl sites for hydroxylation is 2. The molecule has 0 aliphatic heterocycles. The van der Waals surface area contributed by atoms with Crippen LogP contribution >= 0.6 is 11.3 Å². The molecule has 0 spiro atoms. The predicted molar refractivity (Wildman–Crippen MR) is 108 cm³/mol. The van der Waals surface area contributed by atoms with Crippen LogP contribution in [0.25, 0.3) is 10.4 Å². The van der Waals surface area contributed by atoms with Crippen molar-refractivity contribution in [3.05, 3.63) is 74.8 Å². The number of nitrogens with zero attached hydrogens (tertiary/aromatic N) is 1. The summed E-state index contributed by atoms with van der Waals surface area (Å²) in [6.07, 6.45) is -3.36. The minimum atomic E-state index is -5.08. The zero-order chi connectivity index (χ0) is 22.3. The maximum Gasteiger partial charge on any atom is 0.490 e. The molecule has 0 aliphatic rings. The van der Waals surface area contributed by atoms with Crippen molar-refractivity contribution >= 4 is 17.3 Å². The zero-order valence-corrected chi connectivity index (χ0v) is 17.0. The van der Waals surface area contributed by atoms with Crippen LogP contribution in [0, 0.1) is 13.8 Å². The average molecular weight is 439 g/mol. The van der Waals surface area contributed by atoms with Gasteiger partial charge in [0, 0.05) is 24.8 Å². The number of halogens is 3. The van der Waals surface area contributed by atoms with Crippen molar-refractivity contribution in [3.8, 4) is 10.4 Å². The number of rotatable bonds is 5. The molecule has 0 saturated carbocycles. The first-order chi connectivity index (χ1) is 14.1. The van der Waals surface area contributed by atoms with Crippen molar-refractivity contribution < 1.29 is 23.1 Å². The summed E-state index contributed by atoms with van der Waals surface area (Å²) < 4.78 is 31.7. The van der Waals surface area contributed by atoms with Gasteiger partial charge in [0.1, 0.15) is 0 Å². The molecule has 0 bridgehead atoms. The van der Waals surface area contributed by atoms with Crippen LogP contribution in [0.1, 0.15) is 22.4 Å². The number of aromatic amines is 1. The van der Waals surface area contributed by atoms with E-state index in [9.17, 15) is 18.0 Å². The van der Waals surface area contributed by atoms with Crippen molar-refractivity contribution in [2.45, 2.75) is 33.1 Å². The Bertz CT molecular complexity index is 1040. The number of aliphatic carboxylic acids is 1. The Morgan fingerprint density at radius 1 is 1.20 bits per heavy atom. The molecule has 6 nitrogen and oxygen atoms in total. The molecule has 0 saturated heterocycles. The normalized spacial score (nSPS) is 11.0. The average Bonchev–Trinajstić information content (AvgIpc) is 3.11. The van der Waals surface area contributed by atoms with Gasteiger partial charge in [-0.2, -0.15) is 13.2 Å². The van der Waals surface area contributed by atoms with Gasteiger partial charge in [-0.15, -0.1) is 11.3 Å². The van der Waals surface area contributed by atoms with Crippen molar-refractivity contribution in [2.24, 2.45) is 0 Å². The molecule has 1 aromatic carbocycles. The predicted octanol–water partition coefficient (Wildman–Crippen LogP) is 4.04. The summed E-state index contributed by atoms with van der Waals surface area (Å²) in [4.78, 5) is 28.9. The van der Waals surface area contributed by atoms with Gasteiger partial charge in [-0.1, -0.05) is 24.3 Å². The number of thiazole rings is 1. The second kappa shape index (κ2) is 10.2. The number of carbonyl (C=O) groups is 1. The third-order valence-corrected chi connectivity index (χ3v) is 4.95. The topological polar surface area (TPSA) is 95.1 Å². The highest BCUT2D eigenvalue weighted by Crippen LogP contribution is 2.27. The van der Waals surface area contributed by atoms with Crippen LogP contribution in [0.5, 0.6) is 0 Å². The fourth-order valence-electron chi connectivity index (χ4n) is 2.48. The van der Waals surface area contributed by atoms with Crippen molar-refractivity contribution in [2.75, 3.05) is 0 Å². The van der Waals surface area contributed by atoms with E-state index in [4.69, 9.17) is 9.90 Å². The molecule has 0 radical (unpaired) electrons. The number of hydrogen-bond donors (Lipinski definition) is 3. The largest absolute Gasteiger partial charge is 0.490 e. The highest BCUT2D eigenvalue weighted by Gasteiger charge is 2.38. The number of carboxylic acid groups (broad SMARTS) is 1. The molecule has 0 amide bonds. The smallest absolute Gasteiger partial charge is 0.475 e. The fourth-order valence-corrected chi connectivity index (χ4v) is 3.29. The van der Waals surface area contributed by atoms with Gasteiger partial charge in [-0.25, -0.2) is 9.78 Å². The first-order valence-corrected chi connectivity index (χ1v) is 9.64. The first-order valence-electron chi connectivity index (χ1n) is 8.76. The third-order valence-electron chi connectivity index (χ3n) is 3.97. The SMILES string of the molecule is Cc1c[nH]c(=O)c(CNCc2ccc(-c3scnc3C)cc2)c1.O=C(O)C(F)(F)F. The number of pyridine rings is 1. The Hall–Kier alpha value is -2.98. The second-order valence-electron chi connectivity index (χ2n) is 6.40. The Labute approximate surface area is 174 Å². The fraction of sp³-hybridized carbons (Fsp3) is 0.250. The first kappa shape index (κ1) is 23.3. The van der Waals surface area contributed by atoms with E-state index in [0.717, 1.165) is 23.4 Å². The van der Waals surface area contributed by atoms with E-state index in [0.29, 0.717) is 6.54 Å². The number of aromatic nitrogens is 2. The van der Waals surface area contributed by atoms with Crippen LogP contribution in [0.15, 0.2) is 46.8 Å². The van der Waals surface area contributed by atoms with Crippen LogP contribution in [-0.2, 0) is 17.9 Å². The summed E-state index contributed by atoms with van der Waals surface area (Å²) in [5.41, 5.74) is 7.13. The Morgan fingerprint density at radius 3 is 2.37 bits per heavy atom. The molecule has 160 valence electrons. The van der Waals surface area contributed by atoms with Gasteiger partial charge in [-0.05, 0) is 36.6 Å². The number of nitrogens with one attached hydrogen (secondary N) is 2. The van der Waals surface area contributed by atoms with Crippen LogP contribution < -0.4 is 10.9 Å². The molecular weight excluding hydrogens is 419 g/mol. The van der Waals surface area contributed by atoms with Crippen LogP contribution in [0.3, 0.4) is 0 Å². The number of H-pyrrole nitrogens is 1. The van der Waals surface area contributed by atoms with Crippen molar-refractivity contribution in [1.29, 1.82) is 0 Å². The standard InChI is InChI=1S/C18H19N3OS.C2HF3O2/c1-12-7-16(18(22)20-8-12)10-19-9-14-3-5-15(6-4-14)17-13(2)21-11-23-17;3-2(4,5)1(6)7/h3-8,11,19H,9-10H2,1-2H3,(H,20,22);(H,6,7). The van der Waals surface area contributed by atoms with E-state index in [1.165, 1.54) is 16.0 Å². The van der Waals surface area contributed by atoms with Gasteiger partial charge in [0.2, 0.25) is 0 Å². The third kappa shape index (κ3) is 6.82. The molecule has 0 unspecified atom stereocenters. The Morgan fingerprint density at radius 2 is 1.83 bits per heavy atom. The summed E-state index contributed by atoms with van der Waals surface area (Å²) in [6.45, 7) is 5.29. The van der Waals surface area contributed by atoms with Gasteiger partial charge in [-0.3, -0.25) is 4.79 Å². The molecule has 2 heterocycles. The summed E-state index contributed by atoms with van der Waals surface area (Å²) in [6, 6.07) is 10.4. The molecular formula is C20H20F3N3O3S. The number of carboxylic acids is 1. The van der Waals surface area contributed by atoms with Crippen LogP contribution in [0.4, 0.5) is 13.2 Å². The summed E-state index contributed by atoms with van der Waals surface area (Å²) in [5, 5.41) is 10.4. The molecule has 0 fully saturated rings. The highest BCUT2D eigenvalue weighted by atomic mass is 32.1. The molecule has 10 heteroatoms. The summed E-state index contributed by atoms with van der Waals surface area (Å²) in [5.74, 6) is -2.76. The molecule has 3 N–H and O–H groups in total. The molecule has 3 rings (SSSR count). The number of alkyl halides is 3. The highest BCUT2D eigenvalue weighted by molar-refractivity contribution is 7.13. The molecule has 3 aromatic rings. The van der Waals surface area contributed by atoms with Gasteiger partial charge in [0.25, 0.3) is 5.56 Å². The number of hydrogen-bond acceptors (Lipinski definition) is 5. The van der Waals surface area contributed by atoms with E-state index in [-0.39, 0.29) is 5.56 Å². The molecule has 2 aromatic heterocycles. The number of benzene rings is 1. The van der Waals surface area contributed by atoms with Crippen molar-refractivity contribution in [3.63, 3.8) is 0 Å². The lowest BCUT2D eigenvalue weighted by molar-refractivity contribution is -0.192. The van der Waals surface area contributed by atoms with Gasteiger partial charge >= 0.3 is 12.1 Å². The minimum absolute atomic E-state index is 0.0286. The van der Waals surface area contributed by atoms with Crippen LogP contribution in [0.2, 0.25) is 0 Å². The van der Waals surface area contributed by atoms with E-state index >= 15 is 0 Å². The Kier molecular flexibility index (Phi) is 7.90. The maximum atomic E-state index is 11.7. The lowest BCUT2D eigenvalue weighted by Gasteiger charge is -2.06. The monoisotopic (exact) mass is 439 g/mol. The Balaban J connectivity index is 0.000000396. The lowest BCUT2D eigenvalue weighted by atomic mass is 10.1. The second-order valence-corrected chi connectivity index (χ2v) is 7.26. The van der Waals surface area contributed by atoms with E-state index in [2.05, 4.69) is 39.6 Å². The van der Waals surface area contributed by atoms with Gasteiger partial charge in [0.05, 0.1) is 16.1 Å². The molecule has 0 aliphatic carbocycles. The zero-order valence-electron chi connectivity index (χ0n) is 16.2. The maximum absolute atomic E-state index is 11.7. The van der Waals surface area contributed by atoms with E-state index < -0.39 is 12.1 Å².